The van der Waals surface area contributed by atoms with E-state index >= 15 is 0 Å². The van der Waals surface area contributed by atoms with Crippen LogP contribution in [-0.4, -0.2) is 29.1 Å². The molecule has 132 valence electrons. The smallest absolute Gasteiger partial charge is 0.326 e. The molecule has 1 heterocycles. The Labute approximate surface area is 141 Å². The summed E-state index contributed by atoms with van der Waals surface area (Å²) < 4.78 is 26.3. The van der Waals surface area contributed by atoms with Gasteiger partial charge in [0, 0.05) is 6.42 Å². The van der Waals surface area contributed by atoms with E-state index in [1.165, 1.54) is 11.6 Å². The maximum atomic E-state index is 13.2. The molecule has 1 amide bonds. The second-order valence-corrected chi connectivity index (χ2v) is 6.41. The van der Waals surface area contributed by atoms with Crippen molar-refractivity contribution in [1.29, 1.82) is 0 Å². The summed E-state index contributed by atoms with van der Waals surface area (Å²) in [6, 6.07) is 9.47. The fraction of sp³-hybridized carbons (Fsp3) is 0.526. The van der Waals surface area contributed by atoms with E-state index in [-0.39, 0.29) is 5.92 Å². The van der Waals surface area contributed by atoms with Crippen molar-refractivity contribution in [3.63, 3.8) is 0 Å². The Morgan fingerprint density at radius 3 is 2.67 bits per heavy atom. The van der Waals surface area contributed by atoms with Crippen molar-refractivity contribution in [2.75, 3.05) is 0 Å². The van der Waals surface area contributed by atoms with Gasteiger partial charge in [0.15, 0.2) is 0 Å². The molecule has 0 spiro atoms. The van der Waals surface area contributed by atoms with Gasteiger partial charge in [-0.1, -0.05) is 55.8 Å². The van der Waals surface area contributed by atoms with Gasteiger partial charge >= 0.3 is 5.92 Å². The molecule has 0 radical (unpaired) electrons. The Balaban J connectivity index is 1.79. The summed E-state index contributed by atoms with van der Waals surface area (Å²) in [6.45, 7) is 2.01. The number of nitrogens with one attached hydrogen (secondary N) is 1. The lowest BCUT2D eigenvalue weighted by Crippen LogP contribution is -2.30. The molecule has 1 saturated heterocycles. The first-order valence-corrected chi connectivity index (χ1v) is 8.51. The minimum absolute atomic E-state index is 0.0857. The van der Waals surface area contributed by atoms with Gasteiger partial charge in [0.25, 0.3) is 5.91 Å². The zero-order chi connectivity index (χ0) is 17.6. The molecule has 0 aromatic heterocycles. The van der Waals surface area contributed by atoms with Crippen LogP contribution >= 0.6 is 0 Å². The van der Waals surface area contributed by atoms with Crippen LogP contribution in [0.4, 0.5) is 8.78 Å². The first-order valence-electron chi connectivity index (χ1n) is 8.51. The molecule has 5 heteroatoms. The van der Waals surface area contributed by atoms with Crippen molar-refractivity contribution in [2.24, 2.45) is 5.92 Å². The number of benzene rings is 1. The molecule has 1 aromatic rings. The summed E-state index contributed by atoms with van der Waals surface area (Å²) in [5, 5.41) is 12.5. The first-order chi connectivity index (χ1) is 11.4. The number of aliphatic hydroxyl groups excluding tert-OH is 1. The third kappa shape index (κ3) is 5.13. The average Bonchev–Trinajstić information content (AvgIpc) is 2.83. The van der Waals surface area contributed by atoms with Gasteiger partial charge in [0.2, 0.25) is 0 Å². The van der Waals surface area contributed by atoms with Crippen LogP contribution in [0.25, 0.3) is 0 Å². The summed E-state index contributed by atoms with van der Waals surface area (Å²) in [5.74, 6) is -4.45. The summed E-state index contributed by atoms with van der Waals surface area (Å²) in [5.41, 5.74) is 1.27. The minimum atomic E-state index is -3.31. The molecule has 3 atom stereocenters. The number of carbonyl (C=O) groups excluding carboxylic acids is 1. The Morgan fingerprint density at radius 1 is 1.38 bits per heavy atom. The Hall–Kier alpha value is -1.75. The van der Waals surface area contributed by atoms with Gasteiger partial charge in [0.05, 0.1) is 12.1 Å². The lowest BCUT2D eigenvalue weighted by molar-refractivity contribution is -0.139. The molecule has 0 saturated carbocycles. The van der Waals surface area contributed by atoms with Gasteiger partial charge in [-0.25, -0.2) is 0 Å². The van der Waals surface area contributed by atoms with E-state index < -0.39 is 30.4 Å². The lowest BCUT2D eigenvalue weighted by atomic mass is 9.91. The fourth-order valence-corrected chi connectivity index (χ4v) is 3.04. The number of alkyl halides is 2. The van der Waals surface area contributed by atoms with Gasteiger partial charge in [-0.3, -0.25) is 4.79 Å². The maximum Gasteiger partial charge on any atom is 0.326 e. The van der Waals surface area contributed by atoms with E-state index in [1.54, 1.807) is 6.08 Å². The van der Waals surface area contributed by atoms with Gasteiger partial charge in [-0.15, -0.1) is 0 Å². The van der Waals surface area contributed by atoms with Crippen LogP contribution in [0.5, 0.6) is 0 Å². The highest BCUT2D eigenvalue weighted by Gasteiger charge is 2.47. The molecule has 0 aliphatic carbocycles. The van der Waals surface area contributed by atoms with Crippen molar-refractivity contribution < 1.29 is 18.7 Å². The van der Waals surface area contributed by atoms with Gasteiger partial charge in [0.1, 0.15) is 0 Å². The standard InChI is InChI=1S/C19H25F2NO2/c1-2-15(10-6-9-14-7-4-3-5-8-14)17(23)12-11-16-13-19(20,21)18(24)22-16/h3-5,7-8,11-12,15-17,23H,2,6,9-10,13H2,1H3,(H,22,24)/b12-11+/t15-,16-,17+/m0/s1. The van der Waals surface area contributed by atoms with Crippen LogP contribution in [0.15, 0.2) is 42.5 Å². The molecule has 24 heavy (non-hydrogen) atoms. The maximum absolute atomic E-state index is 13.2. The Bertz CT molecular complexity index is 560. The number of hydrogen-bond donors (Lipinski definition) is 2. The second-order valence-electron chi connectivity index (χ2n) is 6.41. The van der Waals surface area contributed by atoms with Gasteiger partial charge < -0.3 is 10.4 Å². The zero-order valence-corrected chi connectivity index (χ0v) is 13.9. The van der Waals surface area contributed by atoms with Gasteiger partial charge in [-0.05, 0) is 30.7 Å². The summed E-state index contributed by atoms with van der Waals surface area (Å²) in [7, 11) is 0. The summed E-state index contributed by atoms with van der Waals surface area (Å²) in [4.78, 5) is 11.1. The van der Waals surface area contributed by atoms with Gasteiger partial charge in [-0.2, -0.15) is 8.78 Å². The van der Waals surface area contributed by atoms with E-state index in [1.807, 2.05) is 25.1 Å². The lowest BCUT2D eigenvalue weighted by Gasteiger charge is -2.19. The van der Waals surface area contributed by atoms with Crippen LogP contribution < -0.4 is 5.32 Å². The Kier molecular flexibility index (Phi) is 6.49. The van der Waals surface area contributed by atoms with Crippen LogP contribution in [0.1, 0.15) is 38.2 Å². The van der Waals surface area contributed by atoms with Crippen LogP contribution in [0, 0.1) is 5.92 Å². The van der Waals surface area contributed by atoms with Crippen molar-refractivity contribution in [3.8, 4) is 0 Å². The quantitative estimate of drug-likeness (QED) is 0.714. The van der Waals surface area contributed by atoms with E-state index in [9.17, 15) is 18.7 Å². The van der Waals surface area contributed by atoms with Crippen molar-refractivity contribution >= 4 is 5.91 Å². The molecule has 1 fully saturated rings. The number of aliphatic hydroxyl groups is 1. The summed E-state index contributed by atoms with van der Waals surface area (Å²) >= 11 is 0. The highest BCUT2D eigenvalue weighted by Crippen LogP contribution is 2.27. The Morgan fingerprint density at radius 2 is 2.08 bits per heavy atom. The number of rotatable bonds is 8. The van der Waals surface area contributed by atoms with Crippen molar-refractivity contribution in [2.45, 2.75) is 57.1 Å². The average molecular weight is 337 g/mol. The number of carbonyl (C=O) groups is 1. The monoisotopic (exact) mass is 337 g/mol. The largest absolute Gasteiger partial charge is 0.389 e. The molecular formula is C19H25F2NO2. The summed E-state index contributed by atoms with van der Waals surface area (Å²) in [6.07, 6.45) is 5.41. The molecule has 1 aromatic carbocycles. The SMILES string of the molecule is CC[C@@H](CCCc1ccccc1)[C@H](O)/C=C/[C@H]1CC(F)(F)C(=O)N1. The topological polar surface area (TPSA) is 49.3 Å². The molecule has 3 nitrogen and oxygen atoms in total. The number of halogens is 2. The number of amides is 1. The molecule has 1 aliphatic rings. The molecular weight excluding hydrogens is 312 g/mol. The third-order valence-electron chi connectivity index (χ3n) is 4.56. The molecule has 0 unspecified atom stereocenters. The highest BCUT2D eigenvalue weighted by atomic mass is 19.3. The predicted molar refractivity (Wildman–Crippen MR) is 89.8 cm³/mol. The van der Waals surface area contributed by atoms with E-state index in [0.29, 0.717) is 0 Å². The minimum Gasteiger partial charge on any atom is -0.389 e. The highest BCUT2D eigenvalue weighted by molar-refractivity contribution is 5.86. The first kappa shape index (κ1) is 18.6. The van der Waals surface area contributed by atoms with Crippen LogP contribution in [-0.2, 0) is 11.2 Å². The molecule has 2 N–H and O–H groups in total. The van der Waals surface area contributed by atoms with Crippen molar-refractivity contribution in [1.82, 2.24) is 5.32 Å². The van der Waals surface area contributed by atoms with E-state index in [4.69, 9.17) is 0 Å². The molecule has 0 bridgehead atoms. The second kappa shape index (κ2) is 8.38. The molecule has 1 aliphatic heterocycles. The number of hydrogen-bond acceptors (Lipinski definition) is 2. The zero-order valence-electron chi connectivity index (χ0n) is 13.9. The molecule has 2 rings (SSSR count). The fourth-order valence-electron chi connectivity index (χ4n) is 3.04. The third-order valence-corrected chi connectivity index (χ3v) is 4.56. The van der Waals surface area contributed by atoms with E-state index in [0.717, 1.165) is 25.7 Å². The van der Waals surface area contributed by atoms with Crippen LogP contribution in [0.2, 0.25) is 0 Å². The number of aryl methyl sites for hydroxylation is 1. The van der Waals surface area contributed by atoms with Crippen LogP contribution in [0.3, 0.4) is 0 Å². The van der Waals surface area contributed by atoms with E-state index in [2.05, 4.69) is 17.4 Å². The predicted octanol–water partition coefficient (Wildman–Crippen LogP) is 3.48. The normalized spacial score (nSPS) is 22.5. The van der Waals surface area contributed by atoms with Crippen molar-refractivity contribution in [3.05, 3.63) is 48.0 Å².